The number of carbonyl (C=O) groups is 1. The number of hydrogen-bond acceptors (Lipinski definition) is 3. The highest BCUT2D eigenvalue weighted by atomic mass is 16.3. The molecule has 1 fully saturated rings. The van der Waals surface area contributed by atoms with Crippen molar-refractivity contribution in [2.45, 2.75) is 51.0 Å². The number of nitrogens with one attached hydrogen (secondary N) is 1. The molecule has 0 bridgehead atoms. The van der Waals surface area contributed by atoms with Crippen LogP contribution in [0.15, 0.2) is 91.0 Å². The summed E-state index contributed by atoms with van der Waals surface area (Å²) in [6.45, 7) is 4.74. The standard InChI is InChI=1S/C28H32N2O2/c1-21(2)26-29-25(27(31)30(26)20-23-14-8-4-9-15-23)28(32,24-16-10-5-11-17-24)19-18-22-12-6-3-7-13-22/h3-17,21,25-26,29,32H,18-20H2,1-2H3/t25-,26?,28-/m1/s1. The molecule has 0 aliphatic carbocycles. The summed E-state index contributed by atoms with van der Waals surface area (Å²) < 4.78 is 0. The number of carbonyl (C=O) groups excluding carboxylic acids is 1. The second kappa shape index (κ2) is 9.68. The third-order valence-electron chi connectivity index (χ3n) is 6.42. The summed E-state index contributed by atoms with van der Waals surface area (Å²) in [6, 6.07) is 29.1. The van der Waals surface area contributed by atoms with Gasteiger partial charge in [-0.25, -0.2) is 0 Å². The number of benzene rings is 3. The summed E-state index contributed by atoms with van der Waals surface area (Å²) in [5, 5.41) is 15.6. The molecule has 0 aromatic heterocycles. The lowest BCUT2D eigenvalue weighted by Gasteiger charge is -2.34. The van der Waals surface area contributed by atoms with Crippen molar-refractivity contribution in [1.82, 2.24) is 10.2 Å². The van der Waals surface area contributed by atoms with Crippen LogP contribution in [0, 0.1) is 5.92 Å². The van der Waals surface area contributed by atoms with E-state index in [-0.39, 0.29) is 18.0 Å². The van der Waals surface area contributed by atoms with Crippen LogP contribution in [0.1, 0.15) is 37.0 Å². The molecule has 1 saturated heterocycles. The number of aryl methyl sites for hydroxylation is 1. The maximum absolute atomic E-state index is 13.8. The molecule has 1 unspecified atom stereocenters. The van der Waals surface area contributed by atoms with Crippen molar-refractivity contribution < 1.29 is 9.90 Å². The van der Waals surface area contributed by atoms with Crippen molar-refractivity contribution in [2.75, 3.05) is 0 Å². The Bertz CT molecular complexity index is 1010. The van der Waals surface area contributed by atoms with Crippen molar-refractivity contribution in [3.63, 3.8) is 0 Å². The normalized spacial score (nSPS) is 20.5. The van der Waals surface area contributed by atoms with Gasteiger partial charge in [0.15, 0.2) is 0 Å². The predicted octanol–water partition coefficient (Wildman–Crippen LogP) is 4.49. The largest absolute Gasteiger partial charge is 0.383 e. The molecular weight excluding hydrogens is 396 g/mol. The Labute approximate surface area is 190 Å². The summed E-state index contributed by atoms with van der Waals surface area (Å²) in [5.41, 5.74) is 1.69. The molecule has 3 atom stereocenters. The van der Waals surface area contributed by atoms with Gasteiger partial charge in [0.25, 0.3) is 0 Å². The first kappa shape index (κ1) is 22.3. The maximum atomic E-state index is 13.8. The van der Waals surface area contributed by atoms with E-state index in [0.717, 1.165) is 16.7 Å². The van der Waals surface area contributed by atoms with Gasteiger partial charge in [0.2, 0.25) is 5.91 Å². The summed E-state index contributed by atoms with van der Waals surface area (Å²) >= 11 is 0. The van der Waals surface area contributed by atoms with Gasteiger partial charge in [-0.05, 0) is 35.4 Å². The fourth-order valence-corrected chi connectivity index (χ4v) is 4.65. The minimum absolute atomic E-state index is 0.0491. The molecule has 2 N–H and O–H groups in total. The van der Waals surface area contributed by atoms with Gasteiger partial charge in [-0.3, -0.25) is 10.1 Å². The van der Waals surface area contributed by atoms with E-state index < -0.39 is 11.6 Å². The smallest absolute Gasteiger partial charge is 0.244 e. The van der Waals surface area contributed by atoms with Crippen LogP contribution in [0.3, 0.4) is 0 Å². The van der Waals surface area contributed by atoms with E-state index in [1.54, 1.807) is 0 Å². The molecule has 166 valence electrons. The molecular formula is C28H32N2O2. The molecule has 0 saturated carbocycles. The minimum atomic E-state index is -1.31. The van der Waals surface area contributed by atoms with Crippen molar-refractivity contribution in [1.29, 1.82) is 0 Å². The topological polar surface area (TPSA) is 52.6 Å². The summed E-state index contributed by atoms with van der Waals surface area (Å²) in [6.07, 6.45) is 0.997. The molecule has 3 aromatic carbocycles. The lowest BCUT2D eigenvalue weighted by Crippen LogP contribution is -2.51. The average Bonchev–Trinajstić information content (AvgIpc) is 3.16. The van der Waals surface area contributed by atoms with Gasteiger partial charge in [0, 0.05) is 6.54 Å². The van der Waals surface area contributed by atoms with Crippen molar-refractivity contribution >= 4 is 5.91 Å². The lowest BCUT2D eigenvalue weighted by molar-refractivity contribution is -0.136. The highest BCUT2D eigenvalue weighted by molar-refractivity contribution is 5.86. The molecule has 0 spiro atoms. The van der Waals surface area contributed by atoms with Gasteiger partial charge in [-0.1, -0.05) is 105 Å². The number of amides is 1. The van der Waals surface area contributed by atoms with Crippen molar-refractivity contribution in [3.05, 3.63) is 108 Å². The van der Waals surface area contributed by atoms with Crippen LogP contribution in [-0.2, 0) is 23.4 Å². The molecule has 1 aliphatic heterocycles. The van der Waals surface area contributed by atoms with Crippen molar-refractivity contribution in [3.8, 4) is 0 Å². The van der Waals surface area contributed by atoms with Gasteiger partial charge in [0.1, 0.15) is 11.6 Å². The van der Waals surface area contributed by atoms with Gasteiger partial charge in [0.05, 0.1) is 6.17 Å². The summed E-state index contributed by atoms with van der Waals surface area (Å²) in [4.78, 5) is 15.6. The quantitative estimate of drug-likeness (QED) is 0.556. The summed E-state index contributed by atoms with van der Waals surface area (Å²) in [5.74, 6) is 0.161. The zero-order chi connectivity index (χ0) is 22.6. The fourth-order valence-electron chi connectivity index (χ4n) is 4.65. The Kier molecular flexibility index (Phi) is 6.73. The maximum Gasteiger partial charge on any atom is 0.244 e. The first-order valence-corrected chi connectivity index (χ1v) is 11.4. The van der Waals surface area contributed by atoms with E-state index >= 15 is 0 Å². The molecule has 4 rings (SSSR count). The Morgan fingerprint density at radius 3 is 1.97 bits per heavy atom. The van der Waals surface area contributed by atoms with Crippen LogP contribution < -0.4 is 5.32 Å². The zero-order valence-electron chi connectivity index (χ0n) is 18.8. The van der Waals surface area contributed by atoms with E-state index in [0.29, 0.717) is 19.4 Å². The van der Waals surface area contributed by atoms with Crippen LogP contribution in [0.4, 0.5) is 0 Å². The Morgan fingerprint density at radius 2 is 1.41 bits per heavy atom. The van der Waals surface area contributed by atoms with Gasteiger partial charge in [-0.15, -0.1) is 0 Å². The fraction of sp³-hybridized carbons (Fsp3) is 0.321. The van der Waals surface area contributed by atoms with Crippen LogP contribution >= 0.6 is 0 Å². The van der Waals surface area contributed by atoms with Gasteiger partial charge in [-0.2, -0.15) is 0 Å². The molecule has 1 amide bonds. The third-order valence-corrected chi connectivity index (χ3v) is 6.42. The second-order valence-corrected chi connectivity index (χ2v) is 9.02. The SMILES string of the molecule is CC(C)C1N[C@@H]([C@@](O)(CCc2ccccc2)c2ccccc2)C(=O)N1Cc1ccccc1. The molecule has 4 heteroatoms. The van der Waals surface area contributed by atoms with Gasteiger partial charge < -0.3 is 10.0 Å². The minimum Gasteiger partial charge on any atom is -0.383 e. The second-order valence-electron chi connectivity index (χ2n) is 9.02. The lowest BCUT2D eigenvalue weighted by atomic mass is 9.81. The zero-order valence-corrected chi connectivity index (χ0v) is 18.8. The highest BCUT2D eigenvalue weighted by Gasteiger charge is 2.51. The Balaban J connectivity index is 1.66. The molecule has 1 aliphatic rings. The average molecular weight is 429 g/mol. The van der Waals surface area contributed by atoms with Crippen LogP contribution in [0.2, 0.25) is 0 Å². The molecule has 4 nitrogen and oxygen atoms in total. The molecule has 32 heavy (non-hydrogen) atoms. The monoisotopic (exact) mass is 428 g/mol. The van der Waals surface area contributed by atoms with E-state index in [1.165, 1.54) is 0 Å². The Hall–Kier alpha value is -2.95. The predicted molar refractivity (Wildman–Crippen MR) is 128 cm³/mol. The van der Waals surface area contributed by atoms with E-state index in [4.69, 9.17) is 0 Å². The number of rotatable bonds is 8. The van der Waals surface area contributed by atoms with Gasteiger partial charge >= 0.3 is 0 Å². The van der Waals surface area contributed by atoms with Crippen LogP contribution in [-0.4, -0.2) is 28.1 Å². The van der Waals surface area contributed by atoms with Crippen LogP contribution in [0.5, 0.6) is 0 Å². The van der Waals surface area contributed by atoms with Crippen molar-refractivity contribution in [2.24, 2.45) is 5.92 Å². The number of hydrogen-bond donors (Lipinski definition) is 2. The first-order valence-electron chi connectivity index (χ1n) is 11.4. The molecule has 1 heterocycles. The van der Waals surface area contributed by atoms with Crippen LogP contribution in [0.25, 0.3) is 0 Å². The molecule has 3 aromatic rings. The van der Waals surface area contributed by atoms with E-state index in [2.05, 4.69) is 31.3 Å². The number of aliphatic hydroxyl groups is 1. The van der Waals surface area contributed by atoms with E-state index in [1.807, 2.05) is 83.8 Å². The van der Waals surface area contributed by atoms with E-state index in [9.17, 15) is 9.90 Å². The summed E-state index contributed by atoms with van der Waals surface area (Å²) in [7, 11) is 0. The molecule has 0 radical (unpaired) electrons. The Morgan fingerprint density at radius 1 is 0.875 bits per heavy atom. The number of nitrogens with zero attached hydrogens (tertiary/aromatic N) is 1. The highest BCUT2D eigenvalue weighted by Crippen LogP contribution is 2.36. The first-order chi connectivity index (χ1) is 15.5. The third kappa shape index (κ3) is 4.62.